The summed E-state index contributed by atoms with van der Waals surface area (Å²) in [5.41, 5.74) is 3.03. The van der Waals surface area contributed by atoms with Gasteiger partial charge >= 0.3 is 5.97 Å². The second-order valence-corrected chi connectivity index (χ2v) is 9.60. The molecule has 0 radical (unpaired) electrons. The molecule has 0 fully saturated rings. The second kappa shape index (κ2) is 9.77. The fraction of sp³-hybridized carbons (Fsp3) is 0.0909. The molecule has 0 saturated heterocycles. The van der Waals surface area contributed by atoms with Gasteiger partial charge in [0.2, 0.25) is 5.78 Å². The van der Waals surface area contributed by atoms with Crippen LogP contribution in [-0.2, 0) is 9.53 Å². The van der Waals surface area contributed by atoms with Crippen molar-refractivity contribution < 1.29 is 19.4 Å². The van der Waals surface area contributed by atoms with Crippen molar-refractivity contribution in [1.82, 2.24) is 0 Å². The summed E-state index contributed by atoms with van der Waals surface area (Å²) in [6.45, 7) is 1.99. The van der Waals surface area contributed by atoms with E-state index in [4.69, 9.17) is 4.74 Å². The summed E-state index contributed by atoms with van der Waals surface area (Å²) >= 11 is 13.2. The molecule has 2 aromatic rings. The highest BCUT2D eigenvalue weighted by Gasteiger charge is 2.23. The van der Waals surface area contributed by atoms with Crippen molar-refractivity contribution in [2.45, 2.75) is 6.92 Å². The molecule has 0 heterocycles. The van der Waals surface area contributed by atoms with E-state index >= 15 is 0 Å². The zero-order valence-electron chi connectivity index (χ0n) is 15.5. The van der Waals surface area contributed by atoms with Crippen molar-refractivity contribution in [3.05, 3.63) is 88.7 Å². The molecule has 0 spiro atoms. The third-order valence-electron chi connectivity index (χ3n) is 4.27. The number of ketones is 1. The number of hydrogen-bond donors (Lipinski definition) is 0. The fourth-order valence-corrected chi connectivity index (χ4v) is 5.35. The molecule has 2 aromatic carbocycles. The lowest BCUT2D eigenvalue weighted by atomic mass is 9.88. The molecular formula is C22H13Br4O4-. The van der Waals surface area contributed by atoms with Crippen LogP contribution in [0.4, 0.5) is 0 Å². The van der Waals surface area contributed by atoms with E-state index in [0.29, 0.717) is 45.7 Å². The number of carbonyl (C=O) groups is 2. The normalized spacial score (nSPS) is 13.6. The molecule has 0 bridgehead atoms. The maximum atomic E-state index is 12.6. The molecule has 0 unspecified atom stereocenters. The number of ether oxygens (including phenoxy) is 1. The van der Waals surface area contributed by atoms with Gasteiger partial charge < -0.3 is 9.84 Å². The van der Waals surface area contributed by atoms with Gasteiger partial charge in [0.15, 0.2) is 0 Å². The molecule has 3 rings (SSSR count). The molecule has 4 nitrogen and oxygen atoms in total. The first-order valence-corrected chi connectivity index (χ1v) is 11.9. The summed E-state index contributed by atoms with van der Waals surface area (Å²) < 4.78 is 6.72. The van der Waals surface area contributed by atoms with Crippen molar-refractivity contribution in [1.29, 1.82) is 0 Å². The van der Waals surface area contributed by atoms with Crippen molar-refractivity contribution in [2.75, 3.05) is 6.61 Å². The van der Waals surface area contributed by atoms with E-state index in [9.17, 15) is 14.7 Å². The third-order valence-corrected chi connectivity index (χ3v) is 6.62. The molecule has 8 heteroatoms. The maximum absolute atomic E-state index is 12.6. The maximum Gasteiger partial charge on any atom is 0.338 e. The van der Waals surface area contributed by atoms with Gasteiger partial charge in [0, 0.05) is 8.95 Å². The molecule has 154 valence electrons. The molecule has 0 aromatic heterocycles. The van der Waals surface area contributed by atoms with E-state index in [2.05, 4.69) is 63.7 Å². The van der Waals surface area contributed by atoms with Gasteiger partial charge in [0.25, 0.3) is 0 Å². The smallest absolute Gasteiger partial charge is 0.338 e. The van der Waals surface area contributed by atoms with Crippen LogP contribution in [0.3, 0.4) is 0 Å². The summed E-state index contributed by atoms with van der Waals surface area (Å²) in [7, 11) is 0. The van der Waals surface area contributed by atoms with Crippen LogP contribution in [0.25, 0.3) is 5.57 Å². The Hall–Kier alpha value is -1.48. The number of hydrogen-bond acceptors (Lipinski definition) is 4. The van der Waals surface area contributed by atoms with Crippen molar-refractivity contribution >= 4 is 81.0 Å². The van der Waals surface area contributed by atoms with Crippen LogP contribution in [0, 0.1) is 0 Å². The van der Waals surface area contributed by atoms with E-state index in [0.717, 1.165) is 0 Å². The molecule has 30 heavy (non-hydrogen) atoms. The number of rotatable bonds is 4. The van der Waals surface area contributed by atoms with Crippen LogP contribution in [0.15, 0.2) is 72.0 Å². The highest BCUT2D eigenvalue weighted by atomic mass is 79.9. The van der Waals surface area contributed by atoms with Gasteiger partial charge in [-0.05, 0) is 91.4 Å². The summed E-state index contributed by atoms with van der Waals surface area (Å²) in [6.07, 6.45) is 3.38. The van der Waals surface area contributed by atoms with Crippen molar-refractivity contribution in [3.63, 3.8) is 0 Å². The van der Waals surface area contributed by atoms with Crippen LogP contribution in [0.5, 0.6) is 5.75 Å². The van der Waals surface area contributed by atoms with Gasteiger partial charge in [-0.25, -0.2) is 4.79 Å². The van der Waals surface area contributed by atoms with E-state index in [1.807, 2.05) is 6.07 Å². The van der Waals surface area contributed by atoms with E-state index in [1.165, 1.54) is 0 Å². The monoisotopic (exact) mass is 657 g/mol. The molecule has 1 aliphatic rings. The quantitative estimate of drug-likeness (QED) is 0.356. The average Bonchev–Trinajstić information content (AvgIpc) is 2.71. The Bertz CT molecular complexity index is 1100. The third kappa shape index (κ3) is 4.72. The Balaban J connectivity index is 2.39. The standard InChI is InChI=1S/C22H14Br4O4/c1-2-30-22(29)14-6-4-3-5-13(14)19(11-7-15(23)20(27)16(24)8-11)12-9-17(25)21(28)18(26)10-12/h3-10,27H,2H2,1H3/p-1. The van der Waals surface area contributed by atoms with Crippen LogP contribution in [0.1, 0.15) is 28.4 Å². The summed E-state index contributed by atoms with van der Waals surface area (Å²) in [6, 6.07) is 10.4. The van der Waals surface area contributed by atoms with Crippen LogP contribution in [-0.4, -0.2) is 18.4 Å². The van der Waals surface area contributed by atoms with Crippen LogP contribution < -0.4 is 5.11 Å². The highest BCUT2D eigenvalue weighted by molar-refractivity contribution is 9.13. The number of allylic oxidation sites excluding steroid dienone is 5. The number of carbonyl (C=O) groups excluding carboxylic acids is 2. The largest absolute Gasteiger partial charge is 0.871 e. The molecular weight excluding hydrogens is 648 g/mol. The second-order valence-electron chi connectivity index (χ2n) is 6.18. The lowest BCUT2D eigenvalue weighted by Crippen LogP contribution is -2.10. The Morgan fingerprint density at radius 3 is 2.03 bits per heavy atom. The Morgan fingerprint density at radius 2 is 1.50 bits per heavy atom. The first-order valence-electron chi connectivity index (χ1n) is 8.70. The van der Waals surface area contributed by atoms with Gasteiger partial charge in [-0.15, -0.1) is 0 Å². The Kier molecular flexibility index (Phi) is 7.55. The molecule has 1 aliphatic carbocycles. The minimum atomic E-state index is -0.456. The minimum absolute atomic E-state index is 0.186. The van der Waals surface area contributed by atoms with E-state index < -0.39 is 5.97 Å². The zero-order chi connectivity index (χ0) is 22.0. The predicted octanol–water partition coefficient (Wildman–Crippen LogP) is 6.40. The highest BCUT2D eigenvalue weighted by Crippen LogP contribution is 2.40. The topological polar surface area (TPSA) is 66.4 Å². The predicted molar refractivity (Wildman–Crippen MR) is 129 cm³/mol. The van der Waals surface area contributed by atoms with Gasteiger partial charge in [-0.1, -0.05) is 55.8 Å². The van der Waals surface area contributed by atoms with Crippen molar-refractivity contribution in [3.8, 4) is 5.75 Å². The van der Waals surface area contributed by atoms with Gasteiger partial charge in [0.05, 0.1) is 21.1 Å². The first-order chi connectivity index (χ1) is 14.2. The number of Topliss-reactive ketones (excluding diaryl/α,β-unsaturated/α-hetero) is 1. The summed E-state index contributed by atoms with van der Waals surface area (Å²) in [4.78, 5) is 24.8. The minimum Gasteiger partial charge on any atom is -0.871 e. The molecule has 0 aliphatic heterocycles. The first kappa shape index (κ1) is 23.2. The van der Waals surface area contributed by atoms with E-state index in [-0.39, 0.29) is 18.1 Å². The lowest BCUT2D eigenvalue weighted by Gasteiger charge is -2.20. The summed E-state index contributed by atoms with van der Waals surface area (Å²) in [5.74, 6) is -0.828. The van der Waals surface area contributed by atoms with E-state index in [1.54, 1.807) is 49.4 Å². The molecule has 0 N–H and O–H groups in total. The molecule has 0 amide bonds. The Morgan fingerprint density at radius 1 is 0.967 bits per heavy atom. The van der Waals surface area contributed by atoms with Gasteiger partial charge in [-0.3, -0.25) is 4.79 Å². The number of esters is 1. The van der Waals surface area contributed by atoms with Crippen LogP contribution >= 0.6 is 63.7 Å². The zero-order valence-corrected chi connectivity index (χ0v) is 21.8. The SMILES string of the molecule is CCOC(=O)c1ccccc1C(=C1C=C(Br)C(=O)C(Br)=C1)c1cc(Br)c([O-])c(Br)c1. The average molecular weight is 661 g/mol. The van der Waals surface area contributed by atoms with Crippen molar-refractivity contribution in [2.24, 2.45) is 0 Å². The molecule has 0 atom stereocenters. The Labute approximate surface area is 207 Å². The van der Waals surface area contributed by atoms with Gasteiger partial charge in [-0.2, -0.15) is 0 Å². The lowest BCUT2D eigenvalue weighted by molar-refractivity contribution is -0.270. The molecule has 0 saturated carbocycles. The summed E-state index contributed by atoms with van der Waals surface area (Å²) in [5, 5.41) is 12.2. The van der Waals surface area contributed by atoms with Crippen LogP contribution in [0.2, 0.25) is 0 Å². The number of halogens is 4. The number of benzene rings is 2. The fourth-order valence-electron chi connectivity index (χ4n) is 2.97. The van der Waals surface area contributed by atoms with Gasteiger partial charge in [0.1, 0.15) is 0 Å².